The molecular weight excluding hydrogens is 334 g/mol. The van der Waals surface area contributed by atoms with E-state index in [0.717, 1.165) is 5.56 Å². The highest BCUT2D eigenvalue weighted by atomic mass is 16.5. The summed E-state index contributed by atoms with van der Waals surface area (Å²) in [7, 11) is 3.13. The number of nitrogens with one attached hydrogen (secondary N) is 1. The maximum Gasteiger partial charge on any atom is 0.338 e. The largest absolute Gasteiger partial charge is 0.497 e. The molecule has 0 heterocycles. The van der Waals surface area contributed by atoms with Crippen LogP contribution in [-0.2, 0) is 9.53 Å². The molecule has 0 saturated heterocycles. The summed E-state index contributed by atoms with van der Waals surface area (Å²) in [5.41, 5.74) is 1.76. The average molecular weight is 355 g/mol. The Morgan fingerprint density at radius 1 is 1.04 bits per heavy atom. The molecule has 0 aliphatic heterocycles. The Kier molecular flexibility index (Phi) is 6.79. The number of esters is 1. The number of benzene rings is 2. The fraction of sp³-hybridized carbons (Fsp3) is 0.200. The number of hydrogen-bond acceptors (Lipinski definition) is 5. The smallest absolute Gasteiger partial charge is 0.338 e. The molecule has 6 heteroatoms. The van der Waals surface area contributed by atoms with Gasteiger partial charge in [0.2, 0.25) is 5.91 Å². The molecule has 1 N–H and O–H groups in total. The highest BCUT2D eigenvalue weighted by Crippen LogP contribution is 2.25. The maximum absolute atomic E-state index is 12.1. The van der Waals surface area contributed by atoms with Gasteiger partial charge in [-0.05, 0) is 49.4 Å². The molecule has 0 unspecified atom stereocenters. The van der Waals surface area contributed by atoms with E-state index in [9.17, 15) is 9.59 Å². The van der Waals surface area contributed by atoms with E-state index in [1.54, 1.807) is 69.7 Å². The summed E-state index contributed by atoms with van der Waals surface area (Å²) < 4.78 is 15.3. The minimum Gasteiger partial charge on any atom is -0.497 e. The lowest BCUT2D eigenvalue weighted by molar-refractivity contribution is -0.111. The summed E-state index contributed by atoms with van der Waals surface area (Å²) >= 11 is 0. The van der Waals surface area contributed by atoms with Gasteiger partial charge >= 0.3 is 5.97 Å². The van der Waals surface area contributed by atoms with Crippen LogP contribution in [0.1, 0.15) is 22.8 Å². The first kappa shape index (κ1) is 19.1. The molecule has 1 amide bonds. The predicted molar refractivity (Wildman–Crippen MR) is 99.6 cm³/mol. The van der Waals surface area contributed by atoms with E-state index in [-0.39, 0.29) is 5.91 Å². The van der Waals surface area contributed by atoms with Crippen molar-refractivity contribution in [2.45, 2.75) is 6.92 Å². The average Bonchev–Trinajstić information content (AvgIpc) is 2.67. The fourth-order valence-electron chi connectivity index (χ4n) is 2.21. The van der Waals surface area contributed by atoms with E-state index < -0.39 is 5.97 Å². The van der Waals surface area contributed by atoms with Crippen LogP contribution in [0.2, 0.25) is 0 Å². The van der Waals surface area contributed by atoms with Crippen molar-refractivity contribution in [3.8, 4) is 11.5 Å². The summed E-state index contributed by atoms with van der Waals surface area (Å²) in [5.74, 6) is 0.584. The van der Waals surface area contributed by atoms with E-state index in [4.69, 9.17) is 14.2 Å². The Balaban J connectivity index is 2.02. The zero-order valence-electron chi connectivity index (χ0n) is 14.9. The van der Waals surface area contributed by atoms with Crippen molar-refractivity contribution in [1.82, 2.24) is 0 Å². The summed E-state index contributed by atoms with van der Waals surface area (Å²) in [5, 5.41) is 2.73. The molecule has 0 aliphatic rings. The summed E-state index contributed by atoms with van der Waals surface area (Å²) in [6.07, 6.45) is 3.06. The first-order chi connectivity index (χ1) is 12.6. The third-order valence-electron chi connectivity index (χ3n) is 3.52. The Bertz CT molecular complexity index is 796. The van der Waals surface area contributed by atoms with Crippen LogP contribution in [0.4, 0.5) is 5.69 Å². The van der Waals surface area contributed by atoms with E-state index >= 15 is 0 Å². The molecular formula is C20H21NO5. The molecule has 0 radical (unpaired) electrons. The minimum atomic E-state index is -0.392. The van der Waals surface area contributed by atoms with Crippen LogP contribution in [0, 0.1) is 0 Å². The Hall–Kier alpha value is -3.28. The van der Waals surface area contributed by atoms with Crippen LogP contribution >= 0.6 is 0 Å². The molecule has 136 valence electrons. The van der Waals surface area contributed by atoms with Crippen LogP contribution in [0.5, 0.6) is 11.5 Å². The number of anilines is 1. The van der Waals surface area contributed by atoms with Gasteiger partial charge in [-0.3, -0.25) is 4.79 Å². The summed E-state index contributed by atoms with van der Waals surface area (Å²) in [6.45, 7) is 2.06. The van der Waals surface area contributed by atoms with Crippen molar-refractivity contribution < 1.29 is 23.8 Å². The molecule has 0 atom stereocenters. The molecule has 0 aliphatic carbocycles. The first-order valence-electron chi connectivity index (χ1n) is 8.05. The first-order valence-corrected chi connectivity index (χ1v) is 8.05. The van der Waals surface area contributed by atoms with Gasteiger partial charge in [-0.15, -0.1) is 0 Å². The van der Waals surface area contributed by atoms with Crippen molar-refractivity contribution in [3.63, 3.8) is 0 Å². The maximum atomic E-state index is 12.1. The van der Waals surface area contributed by atoms with E-state index in [0.29, 0.717) is 29.4 Å². The number of methoxy groups -OCH3 is 2. The molecule has 0 fully saturated rings. The third kappa shape index (κ3) is 5.11. The highest BCUT2D eigenvalue weighted by molar-refractivity contribution is 6.02. The lowest BCUT2D eigenvalue weighted by Crippen LogP contribution is -2.09. The van der Waals surface area contributed by atoms with Gasteiger partial charge in [0.1, 0.15) is 11.5 Å². The van der Waals surface area contributed by atoms with Gasteiger partial charge in [-0.2, -0.15) is 0 Å². The molecule has 0 spiro atoms. The van der Waals surface area contributed by atoms with Gasteiger partial charge in [-0.1, -0.05) is 0 Å². The molecule has 2 aromatic rings. The Morgan fingerprint density at radius 2 is 1.77 bits per heavy atom. The molecule has 2 rings (SSSR count). The van der Waals surface area contributed by atoms with Crippen molar-refractivity contribution in [1.29, 1.82) is 0 Å². The van der Waals surface area contributed by atoms with Crippen LogP contribution < -0.4 is 14.8 Å². The number of ether oxygens (including phenoxy) is 3. The minimum absolute atomic E-state index is 0.299. The lowest BCUT2D eigenvalue weighted by Gasteiger charge is -2.07. The topological polar surface area (TPSA) is 73.9 Å². The fourth-order valence-corrected chi connectivity index (χ4v) is 2.21. The van der Waals surface area contributed by atoms with E-state index in [2.05, 4.69) is 5.32 Å². The van der Waals surface area contributed by atoms with Gasteiger partial charge in [0, 0.05) is 23.4 Å². The second-order valence-electron chi connectivity index (χ2n) is 5.23. The molecule has 0 saturated carbocycles. The second-order valence-corrected chi connectivity index (χ2v) is 5.23. The number of amides is 1. The van der Waals surface area contributed by atoms with E-state index in [1.807, 2.05) is 0 Å². The quantitative estimate of drug-likeness (QED) is 0.607. The van der Waals surface area contributed by atoms with Gasteiger partial charge < -0.3 is 19.5 Å². The molecule has 26 heavy (non-hydrogen) atoms. The molecule has 6 nitrogen and oxygen atoms in total. The lowest BCUT2D eigenvalue weighted by atomic mass is 10.1. The zero-order valence-corrected chi connectivity index (χ0v) is 14.9. The van der Waals surface area contributed by atoms with Crippen LogP contribution in [-0.4, -0.2) is 32.7 Å². The Labute approximate surface area is 152 Å². The SMILES string of the molecule is CCOC(=O)c1ccc(NC(=O)C=Cc2ccc(OC)cc2OC)cc1. The monoisotopic (exact) mass is 355 g/mol. The normalized spacial score (nSPS) is 10.4. The standard InChI is InChI=1S/C20H21NO5/c1-4-26-20(23)15-5-9-16(10-6-15)21-19(22)12-8-14-7-11-17(24-2)13-18(14)25-3/h5-13H,4H2,1-3H3,(H,21,22). The van der Waals surface area contributed by atoms with Gasteiger partial charge in [0.15, 0.2) is 0 Å². The molecule has 0 bridgehead atoms. The van der Waals surface area contributed by atoms with Crippen molar-refractivity contribution >= 4 is 23.6 Å². The van der Waals surface area contributed by atoms with Crippen molar-refractivity contribution in [3.05, 3.63) is 59.7 Å². The Morgan fingerprint density at radius 3 is 2.38 bits per heavy atom. The summed E-state index contributed by atoms with van der Waals surface area (Å²) in [4.78, 5) is 23.7. The van der Waals surface area contributed by atoms with Crippen LogP contribution in [0.3, 0.4) is 0 Å². The highest BCUT2D eigenvalue weighted by Gasteiger charge is 2.07. The number of hydrogen-bond donors (Lipinski definition) is 1. The molecule has 0 aromatic heterocycles. The van der Waals surface area contributed by atoms with Gasteiger partial charge in [0.25, 0.3) is 0 Å². The van der Waals surface area contributed by atoms with Crippen LogP contribution in [0.15, 0.2) is 48.5 Å². The number of rotatable bonds is 7. The summed E-state index contributed by atoms with van der Waals surface area (Å²) in [6, 6.07) is 11.8. The van der Waals surface area contributed by atoms with Crippen molar-refractivity contribution in [2.75, 3.05) is 26.1 Å². The second kappa shape index (κ2) is 9.27. The van der Waals surface area contributed by atoms with E-state index in [1.165, 1.54) is 6.08 Å². The van der Waals surface area contributed by atoms with Gasteiger partial charge in [0.05, 0.1) is 26.4 Å². The van der Waals surface area contributed by atoms with Crippen LogP contribution in [0.25, 0.3) is 6.08 Å². The molecule has 2 aromatic carbocycles. The predicted octanol–water partition coefficient (Wildman–Crippen LogP) is 3.53. The van der Waals surface area contributed by atoms with Crippen molar-refractivity contribution in [2.24, 2.45) is 0 Å². The third-order valence-corrected chi connectivity index (χ3v) is 3.52. The number of carbonyl (C=O) groups is 2. The van der Waals surface area contributed by atoms with Gasteiger partial charge in [-0.25, -0.2) is 4.79 Å². The zero-order chi connectivity index (χ0) is 18.9. The number of carbonyl (C=O) groups excluding carboxylic acids is 2.